The molecule has 0 unspecified atom stereocenters. The highest BCUT2D eigenvalue weighted by Crippen LogP contribution is 2.13. The van der Waals surface area contributed by atoms with Crippen LogP contribution in [0.2, 0.25) is 0 Å². The molecule has 0 amide bonds. The standard InChI is InChI=1S/C30H58/c1-3-5-7-9-11-13-15-17-19-21-23-25-27-29-30-28-26-24-22-20-18-16-14-12-10-8-6-4-2/h11,13,16,18H,3-10,12,14-15,17,19-30H2,1-2H3. The van der Waals surface area contributed by atoms with Crippen molar-refractivity contribution in [3.05, 3.63) is 24.3 Å². The van der Waals surface area contributed by atoms with E-state index in [-0.39, 0.29) is 0 Å². The average molecular weight is 419 g/mol. The van der Waals surface area contributed by atoms with E-state index in [0.717, 1.165) is 0 Å². The number of rotatable bonds is 25. The fourth-order valence-corrected chi connectivity index (χ4v) is 4.14. The van der Waals surface area contributed by atoms with Crippen LogP contribution < -0.4 is 0 Å². The summed E-state index contributed by atoms with van der Waals surface area (Å²) in [4.78, 5) is 0. The van der Waals surface area contributed by atoms with Gasteiger partial charge in [-0.05, 0) is 51.4 Å². The van der Waals surface area contributed by atoms with E-state index in [9.17, 15) is 0 Å². The molecule has 0 saturated carbocycles. The number of hydrogen-bond donors (Lipinski definition) is 0. The van der Waals surface area contributed by atoms with E-state index in [2.05, 4.69) is 38.2 Å². The molecule has 0 spiro atoms. The molecular weight excluding hydrogens is 360 g/mol. The second kappa shape index (κ2) is 28.5. The highest BCUT2D eigenvalue weighted by Gasteiger charge is 1.94. The summed E-state index contributed by atoms with van der Waals surface area (Å²) in [5.74, 6) is 0. The third-order valence-corrected chi connectivity index (χ3v) is 6.27. The Morgan fingerprint density at radius 3 is 0.767 bits per heavy atom. The van der Waals surface area contributed by atoms with Gasteiger partial charge in [0.15, 0.2) is 0 Å². The van der Waals surface area contributed by atoms with Gasteiger partial charge in [0.2, 0.25) is 0 Å². The molecule has 0 aliphatic heterocycles. The van der Waals surface area contributed by atoms with Crippen LogP contribution in [0.4, 0.5) is 0 Å². The molecule has 0 nitrogen and oxygen atoms in total. The molecule has 0 N–H and O–H groups in total. The maximum atomic E-state index is 2.43. The second-order valence-electron chi connectivity index (χ2n) is 9.46. The van der Waals surface area contributed by atoms with E-state index in [4.69, 9.17) is 0 Å². The van der Waals surface area contributed by atoms with Gasteiger partial charge in [0, 0.05) is 0 Å². The lowest BCUT2D eigenvalue weighted by Crippen LogP contribution is -1.83. The van der Waals surface area contributed by atoms with Crippen molar-refractivity contribution in [1.29, 1.82) is 0 Å². The number of allylic oxidation sites excluding steroid dienone is 4. The predicted molar refractivity (Wildman–Crippen MR) is 140 cm³/mol. The monoisotopic (exact) mass is 418 g/mol. The van der Waals surface area contributed by atoms with Crippen LogP contribution in [0.5, 0.6) is 0 Å². The fraction of sp³-hybridized carbons (Fsp3) is 0.867. The van der Waals surface area contributed by atoms with Gasteiger partial charge < -0.3 is 0 Å². The van der Waals surface area contributed by atoms with Crippen LogP contribution >= 0.6 is 0 Å². The topological polar surface area (TPSA) is 0 Å². The van der Waals surface area contributed by atoms with Crippen LogP contribution in [0.25, 0.3) is 0 Å². The molecule has 178 valence electrons. The summed E-state index contributed by atoms with van der Waals surface area (Å²) >= 11 is 0. The Morgan fingerprint density at radius 1 is 0.267 bits per heavy atom. The minimum Gasteiger partial charge on any atom is -0.0885 e. The minimum atomic E-state index is 1.30. The lowest BCUT2D eigenvalue weighted by Gasteiger charge is -2.02. The van der Waals surface area contributed by atoms with Crippen molar-refractivity contribution >= 4 is 0 Å². The van der Waals surface area contributed by atoms with E-state index in [1.54, 1.807) is 0 Å². The molecule has 0 atom stereocenters. The molecule has 0 heteroatoms. The molecular formula is C30H58. The third-order valence-electron chi connectivity index (χ3n) is 6.27. The Bertz CT molecular complexity index is 338. The first-order valence-electron chi connectivity index (χ1n) is 14.2. The number of unbranched alkanes of at least 4 members (excludes halogenated alkanes) is 21. The molecule has 0 rings (SSSR count). The van der Waals surface area contributed by atoms with E-state index in [1.807, 2.05) is 0 Å². The van der Waals surface area contributed by atoms with E-state index < -0.39 is 0 Å². The lowest BCUT2D eigenvalue weighted by molar-refractivity contribution is 0.542. The Morgan fingerprint density at radius 2 is 0.467 bits per heavy atom. The SMILES string of the molecule is CCCCCC=CCCCCCCCCCCCCCCC=CCCCCCCC. The first-order chi connectivity index (χ1) is 14.9. The molecule has 0 heterocycles. The molecule has 0 aromatic heterocycles. The van der Waals surface area contributed by atoms with Crippen LogP contribution in [-0.2, 0) is 0 Å². The van der Waals surface area contributed by atoms with Crippen LogP contribution in [-0.4, -0.2) is 0 Å². The summed E-state index contributed by atoms with van der Waals surface area (Å²) in [7, 11) is 0. The Balaban J connectivity index is 3.08. The summed E-state index contributed by atoms with van der Waals surface area (Å²) < 4.78 is 0. The van der Waals surface area contributed by atoms with Crippen molar-refractivity contribution in [3.63, 3.8) is 0 Å². The van der Waals surface area contributed by atoms with Crippen molar-refractivity contribution < 1.29 is 0 Å². The first kappa shape index (κ1) is 29.5. The maximum Gasteiger partial charge on any atom is -0.0351 e. The van der Waals surface area contributed by atoms with Gasteiger partial charge in [0.05, 0.1) is 0 Å². The van der Waals surface area contributed by atoms with Gasteiger partial charge >= 0.3 is 0 Å². The normalized spacial score (nSPS) is 11.9. The Hall–Kier alpha value is -0.520. The molecule has 0 aliphatic rings. The average Bonchev–Trinajstić information content (AvgIpc) is 2.76. The maximum absolute atomic E-state index is 2.43. The van der Waals surface area contributed by atoms with Crippen molar-refractivity contribution in [2.24, 2.45) is 0 Å². The molecule has 0 radical (unpaired) electrons. The molecule has 30 heavy (non-hydrogen) atoms. The quantitative estimate of drug-likeness (QED) is 0.102. The van der Waals surface area contributed by atoms with Crippen molar-refractivity contribution in [2.75, 3.05) is 0 Å². The highest BCUT2D eigenvalue weighted by molar-refractivity contribution is 4.81. The summed E-state index contributed by atoms with van der Waals surface area (Å²) in [5.41, 5.74) is 0. The van der Waals surface area contributed by atoms with Gasteiger partial charge in [-0.2, -0.15) is 0 Å². The van der Waals surface area contributed by atoms with E-state index in [1.165, 1.54) is 154 Å². The highest BCUT2D eigenvalue weighted by atomic mass is 14.0. The van der Waals surface area contributed by atoms with Crippen LogP contribution in [0.1, 0.15) is 168 Å². The minimum absolute atomic E-state index is 1.30. The summed E-state index contributed by atoms with van der Waals surface area (Å²) in [6.07, 6.45) is 43.4. The zero-order valence-electron chi connectivity index (χ0n) is 21.3. The van der Waals surface area contributed by atoms with Gasteiger partial charge in [-0.1, -0.05) is 141 Å². The Kier molecular flexibility index (Phi) is 28.0. The van der Waals surface area contributed by atoms with Crippen molar-refractivity contribution in [2.45, 2.75) is 168 Å². The second-order valence-corrected chi connectivity index (χ2v) is 9.46. The van der Waals surface area contributed by atoms with Gasteiger partial charge in [0.1, 0.15) is 0 Å². The molecule has 0 saturated heterocycles. The molecule has 0 aromatic rings. The predicted octanol–water partition coefficient (Wildman–Crippen LogP) is 11.5. The molecule has 0 aliphatic carbocycles. The van der Waals surface area contributed by atoms with E-state index in [0.29, 0.717) is 0 Å². The number of hydrogen-bond acceptors (Lipinski definition) is 0. The molecule has 0 aromatic carbocycles. The fourth-order valence-electron chi connectivity index (χ4n) is 4.14. The Labute approximate surface area is 192 Å². The van der Waals surface area contributed by atoms with Gasteiger partial charge in [-0.15, -0.1) is 0 Å². The van der Waals surface area contributed by atoms with Crippen molar-refractivity contribution in [3.8, 4) is 0 Å². The zero-order valence-corrected chi connectivity index (χ0v) is 21.3. The lowest BCUT2D eigenvalue weighted by atomic mass is 10.0. The molecule has 0 bridgehead atoms. The van der Waals surface area contributed by atoms with Crippen LogP contribution in [0.3, 0.4) is 0 Å². The summed E-state index contributed by atoms with van der Waals surface area (Å²) in [5, 5.41) is 0. The summed E-state index contributed by atoms with van der Waals surface area (Å²) in [6, 6.07) is 0. The smallest absolute Gasteiger partial charge is 0.0351 e. The molecule has 0 fully saturated rings. The van der Waals surface area contributed by atoms with Gasteiger partial charge in [-0.3, -0.25) is 0 Å². The van der Waals surface area contributed by atoms with Gasteiger partial charge in [0.25, 0.3) is 0 Å². The first-order valence-corrected chi connectivity index (χ1v) is 14.2. The van der Waals surface area contributed by atoms with Crippen molar-refractivity contribution in [1.82, 2.24) is 0 Å². The zero-order chi connectivity index (χ0) is 21.8. The van der Waals surface area contributed by atoms with Crippen LogP contribution in [0, 0.1) is 0 Å². The van der Waals surface area contributed by atoms with E-state index >= 15 is 0 Å². The summed E-state index contributed by atoms with van der Waals surface area (Å²) in [6.45, 7) is 4.57. The largest absolute Gasteiger partial charge is 0.0885 e. The van der Waals surface area contributed by atoms with Gasteiger partial charge in [-0.25, -0.2) is 0 Å². The third kappa shape index (κ3) is 27.5. The van der Waals surface area contributed by atoms with Crippen LogP contribution in [0.15, 0.2) is 24.3 Å².